The van der Waals surface area contributed by atoms with Crippen LogP contribution in [0, 0.1) is 5.82 Å². The van der Waals surface area contributed by atoms with Crippen LogP contribution in [0.2, 0.25) is 5.02 Å². The van der Waals surface area contributed by atoms with Crippen LogP contribution in [0.3, 0.4) is 0 Å². The van der Waals surface area contributed by atoms with Crippen LogP contribution in [0.15, 0.2) is 61.2 Å². The van der Waals surface area contributed by atoms with E-state index in [2.05, 4.69) is 25.3 Å². The van der Waals surface area contributed by atoms with E-state index in [1.807, 2.05) is 0 Å². The number of nitrogens with two attached hydrogens (primary N) is 2. The Balaban J connectivity index is 1.80. The lowest BCUT2D eigenvalue weighted by Crippen LogP contribution is -2.28. The van der Waals surface area contributed by atoms with E-state index in [4.69, 9.17) is 27.9 Å². The first-order chi connectivity index (χ1) is 16.9. The van der Waals surface area contributed by atoms with E-state index in [0.29, 0.717) is 22.5 Å². The third kappa shape index (κ3) is 5.26. The van der Waals surface area contributed by atoms with Crippen molar-refractivity contribution < 1.29 is 13.9 Å². The average Bonchev–Trinajstić information content (AvgIpc) is 2.86. The lowest BCUT2D eigenvalue weighted by Gasteiger charge is -2.22. The van der Waals surface area contributed by atoms with Crippen LogP contribution in [-0.2, 0) is 4.74 Å². The molecule has 5 N–H and O–H groups in total. The van der Waals surface area contributed by atoms with Gasteiger partial charge in [0, 0.05) is 41.6 Å². The SMILES string of the molecule is CCOC(=O)c1cncc(-c2cnc(Nc3ccc(F)c(Cl)c3)nc2N(N)c2cccnc2N)c1. The number of esters is 1. The number of nitrogens with zero attached hydrogens (tertiary/aromatic N) is 5. The molecule has 0 bridgehead atoms. The Bertz CT molecular complexity index is 1390. The van der Waals surface area contributed by atoms with Crippen molar-refractivity contribution in [1.29, 1.82) is 0 Å². The summed E-state index contributed by atoms with van der Waals surface area (Å²) in [6, 6.07) is 9.06. The summed E-state index contributed by atoms with van der Waals surface area (Å²) in [6.07, 6.45) is 5.98. The second-order valence-corrected chi connectivity index (χ2v) is 7.55. The fourth-order valence-electron chi connectivity index (χ4n) is 3.16. The smallest absolute Gasteiger partial charge is 0.339 e. The van der Waals surface area contributed by atoms with Crippen LogP contribution in [0.1, 0.15) is 17.3 Å². The number of hydrogen-bond donors (Lipinski definition) is 3. The molecule has 0 saturated heterocycles. The number of ether oxygens (including phenoxy) is 1. The molecule has 0 atom stereocenters. The van der Waals surface area contributed by atoms with Crippen molar-refractivity contribution in [3.63, 3.8) is 0 Å². The van der Waals surface area contributed by atoms with E-state index in [1.165, 1.54) is 48.0 Å². The van der Waals surface area contributed by atoms with Gasteiger partial charge in [0.05, 0.1) is 17.2 Å². The zero-order valence-electron chi connectivity index (χ0n) is 18.4. The lowest BCUT2D eigenvalue weighted by molar-refractivity contribution is 0.0526. The Morgan fingerprint density at radius 1 is 1.20 bits per heavy atom. The molecule has 0 aliphatic rings. The van der Waals surface area contributed by atoms with Gasteiger partial charge in [0.2, 0.25) is 5.95 Å². The summed E-state index contributed by atoms with van der Waals surface area (Å²) < 4.78 is 18.6. The number of nitrogen functional groups attached to an aromatic ring is 1. The van der Waals surface area contributed by atoms with Crippen LogP contribution >= 0.6 is 11.6 Å². The maximum absolute atomic E-state index is 13.5. The molecule has 0 fully saturated rings. The van der Waals surface area contributed by atoms with Gasteiger partial charge < -0.3 is 15.8 Å². The van der Waals surface area contributed by atoms with E-state index in [-0.39, 0.29) is 34.8 Å². The summed E-state index contributed by atoms with van der Waals surface area (Å²) in [7, 11) is 0. The zero-order valence-corrected chi connectivity index (χ0v) is 19.2. The van der Waals surface area contributed by atoms with Gasteiger partial charge in [-0.15, -0.1) is 0 Å². The molecule has 0 aliphatic carbocycles. The molecule has 0 radical (unpaired) electrons. The van der Waals surface area contributed by atoms with Crippen LogP contribution in [0.25, 0.3) is 11.1 Å². The highest BCUT2D eigenvalue weighted by Crippen LogP contribution is 2.34. The van der Waals surface area contributed by atoms with Crippen molar-refractivity contribution in [3.8, 4) is 11.1 Å². The van der Waals surface area contributed by atoms with E-state index in [1.54, 1.807) is 25.1 Å². The molecule has 0 unspecified atom stereocenters. The van der Waals surface area contributed by atoms with Crippen LogP contribution in [0.4, 0.5) is 33.3 Å². The maximum Gasteiger partial charge on any atom is 0.339 e. The van der Waals surface area contributed by atoms with Gasteiger partial charge in [-0.3, -0.25) is 9.99 Å². The Kier molecular flexibility index (Phi) is 6.99. The summed E-state index contributed by atoms with van der Waals surface area (Å²) >= 11 is 5.88. The molecule has 4 aromatic rings. The number of hydrogen-bond acceptors (Lipinski definition) is 10. The first-order valence-electron chi connectivity index (χ1n) is 10.3. The van der Waals surface area contributed by atoms with E-state index in [9.17, 15) is 9.18 Å². The summed E-state index contributed by atoms with van der Waals surface area (Å²) in [5, 5.41) is 4.16. The quantitative estimate of drug-likeness (QED) is 0.194. The molecule has 4 rings (SSSR count). The number of carbonyl (C=O) groups is 1. The second-order valence-electron chi connectivity index (χ2n) is 7.15. The third-order valence-corrected chi connectivity index (χ3v) is 5.10. The third-order valence-electron chi connectivity index (χ3n) is 4.81. The van der Waals surface area contributed by atoms with Crippen molar-refractivity contribution >= 4 is 46.5 Å². The average molecular weight is 495 g/mol. The number of rotatable bonds is 7. The molecule has 1 aromatic carbocycles. The van der Waals surface area contributed by atoms with Crippen molar-refractivity contribution in [2.24, 2.45) is 5.84 Å². The number of carbonyl (C=O) groups excluding carboxylic acids is 1. The van der Waals surface area contributed by atoms with Crippen molar-refractivity contribution in [3.05, 3.63) is 77.6 Å². The van der Waals surface area contributed by atoms with Gasteiger partial charge in [-0.05, 0) is 43.3 Å². The second kappa shape index (κ2) is 10.3. The summed E-state index contributed by atoms with van der Waals surface area (Å²) in [5.41, 5.74) is 8.09. The van der Waals surface area contributed by atoms with Crippen LogP contribution < -0.4 is 21.9 Å². The number of nitrogens with one attached hydrogen (secondary N) is 1. The van der Waals surface area contributed by atoms with E-state index < -0.39 is 11.8 Å². The Morgan fingerprint density at radius 3 is 2.77 bits per heavy atom. The Hall–Kier alpha value is -4.35. The number of aromatic nitrogens is 4. The maximum atomic E-state index is 13.5. The Labute approximate surface area is 204 Å². The van der Waals surface area contributed by atoms with Gasteiger partial charge in [-0.2, -0.15) is 4.98 Å². The molecule has 12 heteroatoms. The van der Waals surface area contributed by atoms with Crippen LogP contribution in [0.5, 0.6) is 0 Å². The number of hydrazine groups is 1. The molecule has 0 amide bonds. The highest BCUT2D eigenvalue weighted by Gasteiger charge is 2.19. The summed E-state index contributed by atoms with van der Waals surface area (Å²) in [5.74, 6) is 5.92. The minimum absolute atomic E-state index is 0.0581. The molecular weight excluding hydrogens is 475 g/mol. The van der Waals surface area contributed by atoms with E-state index in [0.717, 1.165) is 0 Å². The van der Waals surface area contributed by atoms with Gasteiger partial charge in [-0.25, -0.2) is 25.0 Å². The number of pyridine rings is 2. The minimum Gasteiger partial charge on any atom is -0.462 e. The predicted octanol–water partition coefficient (Wildman–Crippen LogP) is 4.24. The summed E-state index contributed by atoms with van der Waals surface area (Å²) in [6.45, 7) is 1.94. The molecule has 0 spiro atoms. The largest absolute Gasteiger partial charge is 0.462 e. The molecule has 3 aromatic heterocycles. The van der Waals surface area contributed by atoms with Gasteiger partial charge in [-0.1, -0.05) is 11.6 Å². The molecule has 178 valence electrons. The lowest BCUT2D eigenvalue weighted by atomic mass is 10.1. The Morgan fingerprint density at radius 2 is 2.03 bits per heavy atom. The van der Waals surface area contributed by atoms with Gasteiger partial charge in [0.25, 0.3) is 0 Å². The topological polar surface area (TPSA) is 145 Å². The van der Waals surface area contributed by atoms with Gasteiger partial charge in [0.15, 0.2) is 5.82 Å². The molecule has 0 saturated carbocycles. The first-order valence-corrected chi connectivity index (χ1v) is 10.7. The molecule has 3 heterocycles. The molecule has 0 aliphatic heterocycles. The fraction of sp³-hybridized carbons (Fsp3) is 0.0870. The molecule has 35 heavy (non-hydrogen) atoms. The van der Waals surface area contributed by atoms with Gasteiger partial charge in [0.1, 0.15) is 17.3 Å². The highest BCUT2D eigenvalue weighted by atomic mass is 35.5. The monoisotopic (exact) mass is 494 g/mol. The first kappa shape index (κ1) is 23.8. The summed E-state index contributed by atoms with van der Waals surface area (Å²) in [4.78, 5) is 29.3. The molecular formula is C23H20ClFN8O2. The normalized spacial score (nSPS) is 10.6. The van der Waals surface area contributed by atoms with E-state index >= 15 is 0 Å². The van der Waals surface area contributed by atoms with Crippen molar-refractivity contribution in [1.82, 2.24) is 19.9 Å². The van der Waals surface area contributed by atoms with Gasteiger partial charge >= 0.3 is 5.97 Å². The predicted molar refractivity (Wildman–Crippen MR) is 131 cm³/mol. The fourth-order valence-corrected chi connectivity index (χ4v) is 3.34. The number of anilines is 5. The highest BCUT2D eigenvalue weighted by molar-refractivity contribution is 6.31. The van der Waals surface area contributed by atoms with Crippen molar-refractivity contribution in [2.45, 2.75) is 6.92 Å². The number of benzene rings is 1. The minimum atomic E-state index is -0.552. The van der Waals surface area contributed by atoms with Crippen LogP contribution in [-0.4, -0.2) is 32.5 Å². The molecule has 10 nitrogen and oxygen atoms in total. The zero-order chi connectivity index (χ0) is 24.9. The number of halogens is 2. The standard InChI is InChI=1S/C23H20ClFN8O2/c1-2-35-22(34)14-8-13(10-28-11-14)16-12-30-23(31-15-5-6-18(25)17(24)9-15)32-21(16)33(27)19-4-3-7-29-20(19)26/h3-12H,2,27H2,1H3,(H2,26,29)(H,30,31,32). The van der Waals surface area contributed by atoms with Crippen molar-refractivity contribution in [2.75, 3.05) is 22.7 Å².